The number of hydrogen-bond acceptors (Lipinski definition) is 4. The summed E-state index contributed by atoms with van der Waals surface area (Å²) in [4.78, 5) is 20.3. The summed E-state index contributed by atoms with van der Waals surface area (Å²) in [7, 11) is 1.70. The van der Waals surface area contributed by atoms with Crippen LogP contribution in [0.2, 0.25) is 0 Å². The van der Waals surface area contributed by atoms with E-state index in [1.807, 2.05) is 48.5 Å². The maximum absolute atomic E-state index is 13.9. The molecule has 3 aromatic carbocycles. The summed E-state index contributed by atoms with van der Waals surface area (Å²) in [6.45, 7) is 3.01. The van der Waals surface area contributed by atoms with Crippen LogP contribution in [0.4, 0.5) is 14.9 Å². The first-order valence-corrected chi connectivity index (χ1v) is 12.1. The van der Waals surface area contributed by atoms with Crippen LogP contribution in [0, 0.1) is 5.82 Å². The van der Waals surface area contributed by atoms with E-state index in [0.29, 0.717) is 28.9 Å². The van der Waals surface area contributed by atoms with Crippen molar-refractivity contribution in [1.82, 2.24) is 15.2 Å². The zero-order chi connectivity index (χ0) is 24.9. The molecule has 0 saturated carbocycles. The molecule has 36 heavy (non-hydrogen) atoms. The van der Waals surface area contributed by atoms with Gasteiger partial charge in [-0.2, -0.15) is 0 Å². The van der Waals surface area contributed by atoms with Gasteiger partial charge in [-0.1, -0.05) is 60.7 Å². The third kappa shape index (κ3) is 5.37. The average molecular weight is 485 g/mol. The van der Waals surface area contributed by atoms with Gasteiger partial charge in [0.2, 0.25) is 0 Å². The molecular formula is C29H29FN4O2. The van der Waals surface area contributed by atoms with E-state index < -0.39 is 0 Å². The summed E-state index contributed by atoms with van der Waals surface area (Å²) >= 11 is 0. The van der Waals surface area contributed by atoms with E-state index >= 15 is 0 Å². The Bertz CT molecular complexity index is 1330. The largest absolute Gasteiger partial charge is 0.383 e. The predicted molar refractivity (Wildman–Crippen MR) is 141 cm³/mol. The van der Waals surface area contributed by atoms with Crippen LogP contribution in [-0.2, 0) is 4.74 Å². The summed E-state index contributed by atoms with van der Waals surface area (Å²) in [5.74, 6) is -0.189. The Balaban J connectivity index is 1.41. The monoisotopic (exact) mass is 484 g/mol. The van der Waals surface area contributed by atoms with Crippen LogP contribution in [0.5, 0.6) is 0 Å². The van der Waals surface area contributed by atoms with E-state index in [0.717, 1.165) is 25.2 Å². The maximum atomic E-state index is 13.9. The number of rotatable bonds is 7. The minimum absolute atomic E-state index is 0.0738. The van der Waals surface area contributed by atoms with Crippen LogP contribution in [0.3, 0.4) is 0 Å². The molecule has 6 nitrogen and oxygen atoms in total. The number of fused-ring (bicyclic) bond motifs is 1. The topological polar surface area (TPSA) is 66.5 Å². The van der Waals surface area contributed by atoms with E-state index in [-0.39, 0.29) is 23.8 Å². The first kappa shape index (κ1) is 23.9. The van der Waals surface area contributed by atoms with Crippen LogP contribution in [0.15, 0.2) is 84.9 Å². The number of aromatic nitrogens is 1. The van der Waals surface area contributed by atoms with Gasteiger partial charge >= 0.3 is 6.03 Å². The van der Waals surface area contributed by atoms with Gasteiger partial charge in [0.1, 0.15) is 5.82 Å². The number of amides is 2. The summed E-state index contributed by atoms with van der Waals surface area (Å²) < 4.78 is 19.2. The van der Waals surface area contributed by atoms with Gasteiger partial charge in [0.05, 0.1) is 29.5 Å². The lowest BCUT2D eigenvalue weighted by Crippen LogP contribution is -2.42. The van der Waals surface area contributed by atoms with Gasteiger partial charge in [-0.3, -0.25) is 4.90 Å². The zero-order valence-corrected chi connectivity index (χ0v) is 20.2. The van der Waals surface area contributed by atoms with E-state index in [9.17, 15) is 9.18 Å². The zero-order valence-electron chi connectivity index (χ0n) is 20.2. The van der Waals surface area contributed by atoms with E-state index in [2.05, 4.69) is 27.7 Å². The molecule has 2 N–H and O–H groups in total. The van der Waals surface area contributed by atoms with Gasteiger partial charge in [-0.05, 0) is 29.8 Å². The fraction of sp³-hybridized carbons (Fsp3) is 0.241. The van der Waals surface area contributed by atoms with Crippen molar-refractivity contribution in [2.45, 2.75) is 12.0 Å². The minimum atomic E-state index is -0.347. The molecular weight excluding hydrogens is 455 g/mol. The highest BCUT2D eigenvalue weighted by molar-refractivity contribution is 5.97. The maximum Gasteiger partial charge on any atom is 0.319 e. The normalized spacial score (nSPS) is 17.8. The Morgan fingerprint density at radius 1 is 1.03 bits per heavy atom. The molecule has 2 amide bonds. The van der Waals surface area contributed by atoms with Crippen LogP contribution < -0.4 is 10.6 Å². The van der Waals surface area contributed by atoms with Crippen molar-refractivity contribution in [2.75, 3.05) is 38.7 Å². The van der Waals surface area contributed by atoms with Crippen molar-refractivity contribution < 1.29 is 13.9 Å². The fourth-order valence-corrected chi connectivity index (χ4v) is 4.86. The van der Waals surface area contributed by atoms with Crippen molar-refractivity contribution in [3.05, 3.63) is 96.3 Å². The number of anilines is 1. The molecule has 1 aliphatic rings. The number of ether oxygens (including phenoxy) is 1. The summed E-state index contributed by atoms with van der Waals surface area (Å²) in [6.07, 6.45) is 0. The van der Waals surface area contributed by atoms with E-state index in [4.69, 9.17) is 9.72 Å². The average Bonchev–Trinajstić information content (AvgIpc) is 3.30. The third-order valence-electron chi connectivity index (χ3n) is 6.62. The Labute approximate surface area is 210 Å². The van der Waals surface area contributed by atoms with E-state index in [1.54, 1.807) is 19.2 Å². The number of carbonyl (C=O) groups is 1. The number of nitrogens with zero attached hydrogens (tertiary/aromatic N) is 2. The Hall–Kier alpha value is -3.81. The number of urea groups is 1. The molecule has 184 valence electrons. The van der Waals surface area contributed by atoms with Gasteiger partial charge in [-0.15, -0.1) is 0 Å². The molecule has 1 saturated heterocycles. The molecule has 4 aromatic rings. The number of halogens is 1. The van der Waals surface area contributed by atoms with Gasteiger partial charge in [0, 0.05) is 43.6 Å². The number of likely N-dealkylation sites (tertiary alicyclic amines) is 1. The van der Waals surface area contributed by atoms with Gasteiger partial charge in [0.25, 0.3) is 0 Å². The van der Waals surface area contributed by atoms with Crippen molar-refractivity contribution in [2.24, 2.45) is 0 Å². The van der Waals surface area contributed by atoms with Crippen LogP contribution >= 0.6 is 0 Å². The number of methoxy groups -OCH3 is 1. The van der Waals surface area contributed by atoms with Crippen molar-refractivity contribution >= 4 is 22.6 Å². The Morgan fingerprint density at radius 3 is 2.53 bits per heavy atom. The quantitative estimate of drug-likeness (QED) is 0.375. The first-order valence-electron chi connectivity index (χ1n) is 12.1. The van der Waals surface area contributed by atoms with Gasteiger partial charge in [0.15, 0.2) is 0 Å². The third-order valence-corrected chi connectivity index (χ3v) is 6.62. The molecule has 1 aliphatic heterocycles. The second kappa shape index (κ2) is 10.8. The van der Waals surface area contributed by atoms with Crippen molar-refractivity contribution in [3.8, 4) is 11.3 Å². The predicted octanol–water partition coefficient (Wildman–Crippen LogP) is 5.28. The highest BCUT2D eigenvalue weighted by atomic mass is 19.1. The molecule has 0 spiro atoms. The SMILES string of the molecule is COCCN1C[C@@H](NC(=O)Nc2cc3cc(F)ccc3nc2-c2ccccc2)[C@H](c2ccccc2)C1. The number of carbonyl (C=O) groups excluding carboxylic acids is 1. The van der Waals surface area contributed by atoms with Crippen LogP contribution in [-0.4, -0.2) is 55.3 Å². The van der Waals surface area contributed by atoms with Gasteiger partial charge in [-0.25, -0.2) is 14.2 Å². The second-order valence-corrected chi connectivity index (χ2v) is 9.06. The molecule has 0 bridgehead atoms. The lowest BCUT2D eigenvalue weighted by atomic mass is 9.94. The summed E-state index contributed by atoms with van der Waals surface area (Å²) in [6, 6.07) is 25.8. The molecule has 2 atom stereocenters. The number of benzene rings is 3. The smallest absolute Gasteiger partial charge is 0.319 e. The van der Waals surface area contributed by atoms with Crippen molar-refractivity contribution in [1.29, 1.82) is 0 Å². The number of nitrogens with one attached hydrogen (secondary N) is 2. The first-order chi connectivity index (χ1) is 17.6. The number of hydrogen-bond donors (Lipinski definition) is 2. The van der Waals surface area contributed by atoms with Gasteiger partial charge < -0.3 is 15.4 Å². The molecule has 5 rings (SSSR count). The molecule has 1 aromatic heterocycles. The van der Waals surface area contributed by atoms with Crippen LogP contribution in [0.25, 0.3) is 22.2 Å². The number of pyridine rings is 1. The highest BCUT2D eigenvalue weighted by Crippen LogP contribution is 2.31. The van der Waals surface area contributed by atoms with Crippen molar-refractivity contribution in [3.63, 3.8) is 0 Å². The Kier molecular flexibility index (Phi) is 7.21. The van der Waals surface area contributed by atoms with E-state index in [1.165, 1.54) is 17.7 Å². The molecule has 2 heterocycles. The fourth-order valence-electron chi connectivity index (χ4n) is 4.86. The molecule has 0 radical (unpaired) electrons. The second-order valence-electron chi connectivity index (χ2n) is 9.06. The lowest BCUT2D eigenvalue weighted by molar-refractivity contribution is 0.159. The Morgan fingerprint density at radius 2 is 1.78 bits per heavy atom. The highest BCUT2D eigenvalue weighted by Gasteiger charge is 2.34. The molecule has 0 unspecified atom stereocenters. The summed E-state index contributed by atoms with van der Waals surface area (Å²) in [5.41, 5.74) is 3.89. The molecule has 7 heteroatoms. The standard InChI is InChI=1S/C29H29FN4O2/c1-36-15-14-34-18-24(20-8-4-2-5-9-20)27(19-34)33-29(35)32-26-17-22-16-23(30)12-13-25(22)31-28(26)21-10-6-3-7-11-21/h2-13,16-17,24,27H,14-15,18-19H2,1H3,(H2,32,33,35)/t24-,27+/m0/s1. The lowest BCUT2D eigenvalue weighted by Gasteiger charge is -2.21. The molecule has 1 fully saturated rings. The van der Waals surface area contributed by atoms with Crippen LogP contribution in [0.1, 0.15) is 11.5 Å². The summed E-state index contributed by atoms with van der Waals surface area (Å²) in [5, 5.41) is 6.81. The molecule has 0 aliphatic carbocycles. The minimum Gasteiger partial charge on any atom is -0.383 e.